The van der Waals surface area contributed by atoms with E-state index in [1.165, 1.54) is 190 Å². The number of nitrogens with zero attached hydrogens (tertiary/aromatic N) is 4. The van der Waals surface area contributed by atoms with Crippen molar-refractivity contribution in [3.05, 3.63) is 388 Å². The van der Waals surface area contributed by atoms with Gasteiger partial charge in [0, 0.05) is 86.0 Å². The topological polar surface area (TPSA) is 19.7 Å². The predicted octanol–water partition coefficient (Wildman–Crippen LogP) is 28.3. The fourth-order valence-electron chi connectivity index (χ4n) is 17.9. The van der Waals surface area contributed by atoms with Crippen molar-refractivity contribution >= 4 is 151 Å². The Morgan fingerprint density at radius 3 is 0.822 bits per heavy atom. The van der Waals surface area contributed by atoms with Crippen molar-refractivity contribution in [1.82, 2.24) is 18.3 Å². The van der Waals surface area contributed by atoms with E-state index in [4.69, 9.17) is 0 Å². The van der Waals surface area contributed by atoms with E-state index < -0.39 is 0 Å². The van der Waals surface area contributed by atoms with Gasteiger partial charge in [0.2, 0.25) is 0 Å². The summed E-state index contributed by atoms with van der Waals surface area (Å²) in [6.45, 7) is 0. The number of para-hydroxylation sites is 4. The van der Waals surface area contributed by atoms with Crippen LogP contribution < -0.4 is 0 Å². The van der Waals surface area contributed by atoms with Crippen LogP contribution in [0.3, 0.4) is 0 Å². The van der Waals surface area contributed by atoms with Crippen molar-refractivity contribution in [1.29, 1.82) is 0 Å². The van der Waals surface area contributed by atoms with Gasteiger partial charge in [-0.15, -0.1) is 11.3 Å². The van der Waals surface area contributed by atoms with Gasteiger partial charge in [-0.1, -0.05) is 279 Å². The maximum atomic E-state index is 2.47. The molecule has 18 aromatic carbocycles. The summed E-state index contributed by atoms with van der Waals surface area (Å²) in [5, 5.41) is 20.4. The first kappa shape index (κ1) is 60.7. The van der Waals surface area contributed by atoms with Gasteiger partial charge in [0.1, 0.15) is 0 Å². The Hall–Kier alpha value is -13.8. The molecule has 0 saturated heterocycles. The second kappa shape index (κ2) is 24.4. The van der Waals surface area contributed by atoms with Gasteiger partial charge in [-0.3, -0.25) is 0 Å². The summed E-state index contributed by atoms with van der Waals surface area (Å²) < 4.78 is 12.4. The van der Waals surface area contributed by atoms with E-state index in [0.717, 1.165) is 17.1 Å². The van der Waals surface area contributed by atoms with E-state index in [0.29, 0.717) is 0 Å². The summed E-state index contributed by atoms with van der Waals surface area (Å²) in [6, 6.07) is 142. The molecule has 0 aliphatic rings. The molecule has 107 heavy (non-hydrogen) atoms. The lowest BCUT2D eigenvalue weighted by atomic mass is 9.94. The number of rotatable bonds is 8. The van der Waals surface area contributed by atoms with Gasteiger partial charge in [-0.25, -0.2) is 0 Å². The lowest BCUT2D eigenvalue weighted by molar-refractivity contribution is 1.18. The van der Waals surface area contributed by atoms with Gasteiger partial charge in [0.05, 0.1) is 44.1 Å². The van der Waals surface area contributed by atoms with E-state index in [9.17, 15) is 0 Å². The van der Waals surface area contributed by atoms with Crippen molar-refractivity contribution in [2.75, 3.05) is 0 Å². The molecule has 5 heterocycles. The molecule has 5 aromatic heterocycles. The fraction of sp³-hybridized carbons (Fsp3) is 0. The molecule has 0 atom stereocenters. The molecule has 0 spiro atoms. The Kier molecular flexibility index (Phi) is 13.8. The number of benzene rings is 18. The molecule has 0 amide bonds. The van der Waals surface area contributed by atoms with Gasteiger partial charge in [0.15, 0.2) is 0 Å². The van der Waals surface area contributed by atoms with Crippen LogP contribution in [0.2, 0.25) is 0 Å². The Bertz CT molecular complexity index is 7530. The Morgan fingerprint density at radius 2 is 0.421 bits per heavy atom. The van der Waals surface area contributed by atoms with E-state index in [-0.39, 0.29) is 0 Å². The SMILES string of the molecule is c1ccc(-c2cccc(-n3c4ccccc4c4c(-c5cccc6c5c5ccccc5n6-c5ccc6c7ccccc7c7ccccc7c6c5)cccc43)c2)cc1.c1ccc(-c2cccc(-n3c4ccccc4c4c(-c5cccc6c5c5ccccc5n6-c5ccc6sc7ccccc7c6c5)cccc43)c2)cc1. The lowest BCUT2D eigenvalue weighted by Gasteiger charge is -2.14. The van der Waals surface area contributed by atoms with Gasteiger partial charge in [-0.05, 0) is 186 Å². The first-order chi connectivity index (χ1) is 53.1. The van der Waals surface area contributed by atoms with Crippen molar-refractivity contribution in [2.45, 2.75) is 0 Å². The molecule has 0 radical (unpaired) electrons. The maximum Gasteiger partial charge on any atom is 0.0547 e. The second-order valence-corrected chi connectivity index (χ2v) is 29.2. The van der Waals surface area contributed by atoms with E-state index in [1.54, 1.807) is 0 Å². The first-order valence-electron chi connectivity index (χ1n) is 36.8. The normalized spacial score (nSPS) is 11.9. The third kappa shape index (κ3) is 9.48. The largest absolute Gasteiger partial charge is 0.309 e. The summed E-state index contributed by atoms with van der Waals surface area (Å²) >= 11 is 1.87. The second-order valence-electron chi connectivity index (χ2n) is 28.1. The molecule has 23 aromatic rings. The molecule has 0 saturated carbocycles. The van der Waals surface area contributed by atoms with Gasteiger partial charge < -0.3 is 18.3 Å². The van der Waals surface area contributed by atoms with E-state index in [1.807, 2.05) is 11.3 Å². The first-order valence-corrected chi connectivity index (χ1v) is 37.6. The molecule has 0 fully saturated rings. The van der Waals surface area contributed by atoms with Gasteiger partial charge in [-0.2, -0.15) is 0 Å². The minimum absolute atomic E-state index is 1.15. The van der Waals surface area contributed by atoms with Gasteiger partial charge >= 0.3 is 0 Å². The Balaban J connectivity index is 0.000000134. The minimum atomic E-state index is 1.15. The smallest absolute Gasteiger partial charge is 0.0547 e. The number of hydrogen-bond acceptors (Lipinski definition) is 1. The highest BCUT2D eigenvalue weighted by Crippen LogP contribution is 2.48. The maximum absolute atomic E-state index is 2.47. The molecule has 0 aliphatic heterocycles. The molecule has 498 valence electrons. The minimum Gasteiger partial charge on any atom is -0.309 e. The van der Waals surface area contributed by atoms with Crippen molar-refractivity contribution < 1.29 is 0 Å². The molecular formula is C102H64N4S. The highest BCUT2D eigenvalue weighted by atomic mass is 32.1. The van der Waals surface area contributed by atoms with Crippen LogP contribution in [-0.2, 0) is 0 Å². The van der Waals surface area contributed by atoms with Crippen LogP contribution in [0.5, 0.6) is 0 Å². The number of fused-ring (bicyclic) bond motifs is 21. The summed E-state index contributed by atoms with van der Waals surface area (Å²) in [5.74, 6) is 0. The molecule has 0 N–H and O–H groups in total. The van der Waals surface area contributed by atoms with Crippen LogP contribution in [0.15, 0.2) is 388 Å². The number of aromatic nitrogens is 4. The molecule has 23 rings (SSSR count). The van der Waals surface area contributed by atoms with Crippen LogP contribution >= 0.6 is 11.3 Å². The third-order valence-corrected chi connectivity index (χ3v) is 23.6. The van der Waals surface area contributed by atoms with Crippen LogP contribution in [0.1, 0.15) is 0 Å². The molecule has 0 bridgehead atoms. The highest BCUT2D eigenvalue weighted by molar-refractivity contribution is 7.25. The summed E-state index contributed by atoms with van der Waals surface area (Å²) in [5.41, 5.74) is 24.1. The standard InChI is InChI=1S/C54H34N2.C48H30N2S/c1-2-15-35(16-3-1)36-17-12-18-37(33-36)55-49-27-10-8-23-46(49)53-44(25-13-29-51(53)55)45-26-14-30-52-54(45)47-24-9-11-28-50(47)56(52)38-31-32-43-41-21-5-4-19-39(41)40-20-6-7-22-42(40)48(43)34-38;1-2-13-31(14-3-1)32-15-10-16-33(29-32)49-41-22-7-4-18-38(41)47-36(20-11-24-43(47)49)37-21-12-25-44-48(37)39-19-5-8-23-42(39)50(44)34-27-28-46-40(30-34)35-17-6-9-26-45(35)51-46/h1-34H;1-30H. The van der Waals surface area contributed by atoms with Crippen LogP contribution in [0, 0.1) is 0 Å². The molecule has 0 unspecified atom stereocenters. The van der Waals surface area contributed by atoms with Crippen LogP contribution in [0.4, 0.5) is 0 Å². The quantitative estimate of drug-likeness (QED) is 0.135. The van der Waals surface area contributed by atoms with E-state index in [2.05, 4.69) is 407 Å². The van der Waals surface area contributed by atoms with Crippen molar-refractivity contribution in [2.24, 2.45) is 0 Å². The number of thiophene rings is 1. The van der Waals surface area contributed by atoms with Crippen LogP contribution in [0.25, 0.3) is 207 Å². The molecule has 4 nitrogen and oxygen atoms in total. The predicted molar refractivity (Wildman–Crippen MR) is 457 cm³/mol. The molecule has 0 aliphatic carbocycles. The van der Waals surface area contributed by atoms with E-state index >= 15 is 0 Å². The zero-order valence-electron chi connectivity index (χ0n) is 58.1. The molecular weight excluding hydrogens is 1310 g/mol. The number of hydrogen-bond donors (Lipinski definition) is 0. The average molecular weight is 1380 g/mol. The average Bonchev–Trinajstić information content (AvgIpc) is 1.60. The van der Waals surface area contributed by atoms with Gasteiger partial charge in [0.25, 0.3) is 0 Å². The molecule has 5 heteroatoms. The highest BCUT2D eigenvalue weighted by Gasteiger charge is 2.25. The Morgan fingerprint density at radius 1 is 0.150 bits per heavy atom. The van der Waals surface area contributed by atoms with Crippen LogP contribution in [-0.4, -0.2) is 18.3 Å². The summed E-state index contributed by atoms with van der Waals surface area (Å²) in [6.07, 6.45) is 0. The van der Waals surface area contributed by atoms with Crippen molar-refractivity contribution in [3.8, 4) is 67.3 Å². The zero-order chi connectivity index (χ0) is 70.2. The Labute approximate surface area is 620 Å². The third-order valence-electron chi connectivity index (χ3n) is 22.4. The lowest BCUT2D eigenvalue weighted by Crippen LogP contribution is -1.95. The summed E-state index contributed by atoms with van der Waals surface area (Å²) in [4.78, 5) is 0. The fourth-order valence-corrected chi connectivity index (χ4v) is 19.0. The van der Waals surface area contributed by atoms with Crippen molar-refractivity contribution in [3.63, 3.8) is 0 Å². The summed E-state index contributed by atoms with van der Waals surface area (Å²) in [7, 11) is 0. The monoisotopic (exact) mass is 1380 g/mol. The zero-order valence-corrected chi connectivity index (χ0v) is 59.0.